The molecule has 0 spiro atoms. The van der Waals surface area contributed by atoms with Gasteiger partial charge in [-0.05, 0) is 55.4 Å². The van der Waals surface area contributed by atoms with Gasteiger partial charge in [0.1, 0.15) is 6.07 Å². The number of nitrogens with one attached hydrogen (secondary N) is 1. The first-order valence-corrected chi connectivity index (χ1v) is 7.64. The average molecular weight is 285 g/mol. The van der Waals surface area contributed by atoms with Crippen molar-refractivity contribution >= 4 is 23.3 Å². The molecule has 0 aliphatic heterocycles. The lowest BCUT2D eigenvalue weighted by Gasteiger charge is -2.32. The number of nitriles is 1. The van der Waals surface area contributed by atoms with E-state index in [2.05, 4.69) is 35.5 Å². The highest BCUT2D eigenvalue weighted by Gasteiger charge is 2.26. The van der Waals surface area contributed by atoms with Crippen molar-refractivity contribution in [2.75, 3.05) is 0 Å². The van der Waals surface area contributed by atoms with Gasteiger partial charge in [-0.25, -0.2) is 0 Å². The highest BCUT2D eigenvalue weighted by Crippen LogP contribution is 2.37. The van der Waals surface area contributed by atoms with E-state index in [9.17, 15) is 5.26 Å². The van der Waals surface area contributed by atoms with E-state index < -0.39 is 0 Å². The fourth-order valence-electron chi connectivity index (χ4n) is 3.72. The maximum atomic E-state index is 9.22. The lowest BCUT2D eigenvalue weighted by Crippen LogP contribution is -2.22. The van der Waals surface area contributed by atoms with Crippen molar-refractivity contribution in [1.82, 2.24) is 9.55 Å². The number of hydrogen-bond donors (Lipinski definition) is 1. The first-order valence-electron chi connectivity index (χ1n) is 7.23. The Bertz CT molecular complexity index is 724. The third-order valence-electron chi connectivity index (χ3n) is 4.39. The quantitative estimate of drug-likeness (QED) is 0.780. The van der Waals surface area contributed by atoms with Gasteiger partial charge < -0.3 is 9.55 Å². The molecule has 0 radical (unpaired) electrons. The van der Waals surface area contributed by atoms with Crippen LogP contribution in [0.1, 0.15) is 44.7 Å². The molecule has 3 rings (SSSR count). The minimum atomic E-state index is 0.448. The summed E-state index contributed by atoms with van der Waals surface area (Å²) >= 11 is 5.52. The van der Waals surface area contributed by atoms with Crippen LogP contribution in [0.15, 0.2) is 18.2 Å². The SMILES string of the molecule is CC1CC(C)CC(n2c(=S)[nH]c3c(C#N)cccc32)C1. The zero-order valence-corrected chi connectivity index (χ0v) is 12.7. The Morgan fingerprint density at radius 2 is 1.95 bits per heavy atom. The monoisotopic (exact) mass is 285 g/mol. The van der Waals surface area contributed by atoms with Crippen molar-refractivity contribution in [3.63, 3.8) is 0 Å². The molecule has 0 bridgehead atoms. The van der Waals surface area contributed by atoms with Crippen LogP contribution in [0.4, 0.5) is 0 Å². The molecule has 1 aromatic heterocycles. The van der Waals surface area contributed by atoms with E-state index >= 15 is 0 Å². The lowest BCUT2D eigenvalue weighted by atomic mass is 9.80. The van der Waals surface area contributed by atoms with E-state index in [0.29, 0.717) is 11.6 Å². The number of nitrogens with zero attached hydrogens (tertiary/aromatic N) is 2. The molecule has 1 aliphatic rings. The van der Waals surface area contributed by atoms with Crippen molar-refractivity contribution in [2.45, 2.75) is 39.2 Å². The van der Waals surface area contributed by atoms with Crippen LogP contribution in [-0.4, -0.2) is 9.55 Å². The molecule has 4 heteroatoms. The van der Waals surface area contributed by atoms with E-state index in [4.69, 9.17) is 12.2 Å². The van der Waals surface area contributed by atoms with Gasteiger partial charge in [0.2, 0.25) is 0 Å². The number of H-pyrrole nitrogens is 1. The van der Waals surface area contributed by atoms with Gasteiger partial charge in [-0.2, -0.15) is 5.26 Å². The zero-order chi connectivity index (χ0) is 14.3. The molecule has 0 amide bonds. The number of aromatic amines is 1. The summed E-state index contributed by atoms with van der Waals surface area (Å²) in [6.07, 6.45) is 3.64. The Morgan fingerprint density at radius 1 is 1.25 bits per heavy atom. The standard InChI is InChI=1S/C16H19N3S/c1-10-6-11(2)8-13(7-10)19-14-5-3-4-12(9-17)15(14)18-16(19)20/h3-5,10-11,13H,6-8H2,1-2H3,(H,18,20). The van der Waals surface area contributed by atoms with Crippen molar-refractivity contribution in [3.8, 4) is 6.07 Å². The summed E-state index contributed by atoms with van der Waals surface area (Å²) in [5.41, 5.74) is 2.62. The minimum absolute atomic E-state index is 0.448. The van der Waals surface area contributed by atoms with Gasteiger partial charge in [-0.1, -0.05) is 19.9 Å². The van der Waals surface area contributed by atoms with Crippen molar-refractivity contribution < 1.29 is 0 Å². The fourth-order valence-corrected chi connectivity index (χ4v) is 4.07. The first-order chi connectivity index (χ1) is 9.60. The Morgan fingerprint density at radius 3 is 2.60 bits per heavy atom. The second-order valence-corrected chi connectivity index (χ2v) is 6.57. The maximum Gasteiger partial charge on any atom is 0.178 e. The van der Waals surface area contributed by atoms with E-state index in [-0.39, 0.29) is 0 Å². The molecule has 1 aromatic carbocycles. The molecule has 1 heterocycles. The molecular weight excluding hydrogens is 266 g/mol. The molecule has 1 aliphatic carbocycles. The number of para-hydroxylation sites is 1. The van der Waals surface area contributed by atoms with Gasteiger partial charge in [-0.15, -0.1) is 0 Å². The predicted octanol–water partition coefficient (Wildman–Crippen LogP) is 4.57. The van der Waals surface area contributed by atoms with Gasteiger partial charge in [0.25, 0.3) is 0 Å². The van der Waals surface area contributed by atoms with Crippen LogP contribution in [0.25, 0.3) is 11.0 Å². The molecule has 3 nitrogen and oxygen atoms in total. The summed E-state index contributed by atoms with van der Waals surface area (Å²) < 4.78 is 2.98. The van der Waals surface area contributed by atoms with E-state index in [1.54, 1.807) is 0 Å². The van der Waals surface area contributed by atoms with Crippen molar-refractivity contribution in [2.24, 2.45) is 11.8 Å². The second kappa shape index (κ2) is 5.06. The topological polar surface area (TPSA) is 44.5 Å². The Kier molecular flexibility index (Phi) is 3.39. The van der Waals surface area contributed by atoms with Crippen LogP contribution >= 0.6 is 12.2 Å². The number of benzene rings is 1. The van der Waals surface area contributed by atoms with Gasteiger partial charge in [0, 0.05) is 6.04 Å². The third kappa shape index (κ3) is 2.16. The van der Waals surface area contributed by atoms with Crippen LogP contribution in [0.3, 0.4) is 0 Å². The summed E-state index contributed by atoms with van der Waals surface area (Å²) in [7, 11) is 0. The van der Waals surface area contributed by atoms with E-state index in [1.807, 2.05) is 12.1 Å². The predicted molar refractivity (Wildman–Crippen MR) is 83.1 cm³/mol. The van der Waals surface area contributed by atoms with Gasteiger partial charge in [0.05, 0.1) is 16.6 Å². The van der Waals surface area contributed by atoms with Crippen LogP contribution in [0, 0.1) is 27.9 Å². The molecule has 1 N–H and O–H groups in total. The largest absolute Gasteiger partial charge is 0.329 e. The Hall–Kier alpha value is -1.60. The molecule has 1 saturated carbocycles. The number of rotatable bonds is 1. The molecule has 104 valence electrons. The van der Waals surface area contributed by atoms with Gasteiger partial charge in [-0.3, -0.25) is 0 Å². The van der Waals surface area contributed by atoms with Crippen LogP contribution in [0.5, 0.6) is 0 Å². The average Bonchev–Trinajstić information content (AvgIpc) is 2.73. The highest BCUT2D eigenvalue weighted by atomic mass is 32.1. The number of aromatic nitrogens is 2. The fraction of sp³-hybridized carbons (Fsp3) is 0.500. The summed E-state index contributed by atoms with van der Waals surface area (Å²) in [6, 6.07) is 8.53. The Labute approximate surface area is 124 Å². The second-order valence-electron chi connectivity index (χ2n) is 6.18. The van der Waals surface area contributed by atoms with Crippen LogP contribution < -0.4 is 0 Å². The molecule has 1 fully saturated rings. The molecule has 2 unspecified atom stereocenters. The van der Waals surface area contributed by atoms with Gasteiger partial charge >= 0.3 is 0 Å². The number of hydrogen-bond acceptors (Lipinski definition) is 2. The zero-order valence-electron chi connectivity index (χ0n) is 11.9. The Balaban J connectivity index is 2.15. The molecular formula is C16H19N3S. The first kappa shape index (κ1) is 13.4. The van der Waals surface area contributed by atoms with E-state index in [0.717, 1.165) is 27.6 Å². The summed E-state index contributed by atoms with van der Waals surface area (Å²) in [6.45, 7) is 4.64. The molecule has 0 saturated heterocycles. The normalized spacial score (nSPS) is 26.6. The van der Waals surface area contributed by atoms with Crippen molar-refractivity contribution in [1.29, 1.82) is 5.26 Å². The van der Waals surface area contributed by atoms with Crippen LogP contribution in [-0.2, 0) is 0 Å². The molecule has 2 atom stereocenters. The lowest BCUT2D eigenvalue weighted by molar-refractivity contribution is 0.223. The summed E-state index contributed by atoms with van der Waals surface area (Å²) in [5.74, 6) is 1.46. The smallest absolute Gasteiger partial charge is 0.178 e. The van der Waals surface area contributed by atoms with Crippen LogP contribution in [0.2, 0.25) is 0 Å². The highest BCUT2D eigenvalue weighted by molar-refractivity contribution is 7.71. The summed E-state index contributed by atoms with van der Waals surface area (Å²) in [4.78, 5) is 3.23. The third-order valence-corrected chi connectivity index (χ3v) is 4.69. The molecule has 2 aromatic rings. The minimum Gasteiger partial charge on any atom is -0.329 e. The van der Waals surface area contributed by atoms with Gasteiger partial charge in [0.15, 0.2) is 4.77 Å². The number of fused-ring (bicyclic) bond motifs is 1. The summed E-state index contributed by atoms with van der Waals surface area (Å²) in [5, 5.41) is 9.22. The van der Waals surface area contributed by atoms with Crippen molar-refractivity contribution in [3.05, 3.63) is 28.5 Å². The number of imidazole rings is 1. The molecule has 20 heavy (non-hydrogen) atoms. The van der Waals surface area contributed by atoms with E-state index in [1.165, 1.54) is 19.3 Å². The maximum absolute atomic E-state index is 9.22.